The fraction of sp³-hybridized carbons (Fsp3) is 0.600. The minimum atomic E-state index is -3.27. The van der Waals surface area contributed by atoms with Crippen LogP contribution in [0.15, 0.2) is 0 Å². The number of hydrogen-bond acceptors (Lipinski definition) is 4. The van der Waals surface area contributed by atoms with Gasteiger partial charge in [-0.05, 0) is 0 Å². The average Bonchev–Trinajstić information content (AvgIpc) is 2.15. The maximum absolute atomic E-state index is 11.6. The third kappa shape index (κ3) is 3.75. The van der Waals surface area contributed by atoms with Gasteiger partial charge in [-0.25, -0.2) is 8.42 Å². The molecule has 7 heteroatoms. The standard InChI is InChI=1S/C10H13NO5S/c1-2-3-9(12)11-4-5-17(15,16)7-8(11)6-10(13)14/h1,8H,3-7H2,(H,13,14). The van der Waals surface area contributed by atoms with Crippen molar-refractivity contribution in [2.45, 2.75) is 18.9 Å². The number of nitrogens with zero attached hydrogens (tertiary/aromatic N) is 1. The van der Waals surface area contributed by atoms with Crippen LogP contribution in [0.25, 0.3) is 0 Å². The fourth-order valence-electron chi connectivity index (χ4n) is 1.77. The summed E-state index contributed by atoms with van der Waals surface area (Å²) in [5.41, 5.74) is 0. The van der Waals surface area contributed by atoms with Gasteiger partial charge in [0.1, 0.15) is 0 Å². The fourth-order valence-corrected chi connectivity index (χ4v) is 3.30. The van der Waals surface area contributed by atoms with Crippen molar-refractivity contribution in [3.05, 3.63) is 0 Å². The molecule has 1 rings (SSSR count). The summed E-state index contributed by atoms with van der Waals surface area (Å²) < 4.78 is 22.8. The normalized spacial score (nSPS) is 22.8. The maximum Gasteiger partial charge on any atom is 0.305 e. The number of terminal acetylenes is 1. The van der Waals surface area contributed by atoms with Crippen LogP contribution in [0.5, 0.6) is 0 Å². The van der Waals surface area contributed by atoms with Gasteiger partial charge in [0, 0.05) is 6.54 Å². The number of carbonyl (C=O) groups excluding carboxylic acids is 1. The van der Waals surface area contributed by atoms with Gasteiger partial charge in [-0.15, -0.1) is 6.42 Å². The third-order valence-corrected chi connectivity index (χ3v) is 4.21. The Morgan fingerprint density at radius 2 is 2.12 bits per heavy atom. The zero-order valence-corrected chi connectivity index (χ0v) is 9.94. The summed E-state index contributed by atoms with van der Waals surface area (Å²) in [5.74, 6) is 0.193. The lowest BCUT2D eigenvalue weighted by Gasteiger charge is -2.34. The summed E-state index contributed by atoms with van der Waals surface area (Å²) in [7, 11) is -3.27. The van der Waals surface area contributed by atoms with Crippen molar-refractivity contribution in [2.75, 3.05) is 18.1 Å². The van der Waals surface area contributed by atoms with Crippen LogP contribution in [0.4, 0.5) is 0 Å². The second-order valence-electron chi connectivity index (χ2n) is 3.83. The Balaban J connectivity index is 2.85. The Hall–Kier alpha value is -1.55. The van der Waals surface area contributed by atoms with Crippen molar-refractivity contribution in [1.29, 1.82) is 0 Å². The van der Waals surface area contributed by atoms with Gasteiger partial charge in [0.15, 0.2) is 9.84 Å². The van der Waals surface area contributed by atoms with Crippen molar-refractivity contribution in [1.82, 2.24) is 4.90 Å². The first kappa shape index (κ1) is 13.5. The molecule has 0 radical (unpaired) electrons. The lowest BCUT2D eigenvalue weighted by molar-refractivity contribution is -0.140. The first-order valence-electron chi connectivity index (χ1n) is 5.01. The molecule has 0 aliphatic carbocycles. The van der Waals surface area contributed by atoms with Crippen molar-refractivity contribution in [2.24, 2.45) is 0 Å². The average molecular weight is 259 g/mol. The third-order valence-electron chi connectivity index (χ3n) is 2.51. The molecule has 1 amide bonds. The number of rotatable bonds is 3. The van der Waals surface area contributed by atoms with Crippen molar-refractivity contribution < 1.29 is 23.1 Å². The summed E-state index contributed by atoms with van der Waals surface area (Å²) >= 11 is 0. The zero-order chi connectivity index (χ0) is 13.1. The molecule has 0 aromatic rings. The first-order valence-corrected chi connectivity index (χ1v) is 6.83. The van der Waals surface area contributed by atoms with E-state index in [1.54, 1.807) is 0 Å². The molecule has 1 fully saturated rings. The second-order valence-corrected chi connectivity index (χ2v) is 6.06. The molecule has 1 atom stereocenters. The lowest BCUT2D eigenvalue weighted by atomic mass is 10.2. The molecule has 1 N–H and O–H groups in total. The van der Waals surface area contributed by atoms with E-state index in [2.05, 4.69) is 5.92 Å². The zero-order valence-electron chi connectivity index (χ0n) is 9.13. The van der Waals surface area contributed by atoms with Gasteiger partial charge in [-0.1, -0.05) is 5.92 Å². The molecule has 94 valence electrons. The minimum Gasteiger partial charge on any atom is -0.481 e. The number of carboxylic acid groups (broad SMARTS) is 1. The number of carboxylic acids is 1. The molecule has 0 bridgehead atoms. The van der Waals surface area contributed by atoms with Crippen molar-refractivity contribution in [3.8, 4) is 12.3 Å². The molecule has 0 aromatic carbocycles. The molecule has 0 saturated carbocycles. The summed E-state index contributed by atoms with van der Waals surface area (Å²) in [4.78, 5) is 23.5. The summed E-state index contributed by atoms with van der Waals surface area (Å²) in [6, 6.07) is -0.813. The minimum absolute atomic E-state index is 0.0147. The van der Waals surface area contributed by atoms with E-state index >= 15 is 0 Å². The first-order chi connectivity index (χ1) is 7.85. The Labute approximate surface area is 99.5 Å². The van der Waals surface area contributed by atoms with Crippen LogP contribution in [0, 0.1) is 12.3 Å². The van der Waals surface area contributed by atoms with E-state index in [0.717, 1.165) is 0 Å². The van der Waals surface area contributed by atoms with E-state index < -0.39 is 27.8 Å². The molecular weight excluding hydrogens is 246 g/mol. The molecular formula is C10H13NO5S. The van der Waals surface area contributed by atoms with Crippen LogP contribution in [-0.4, -0.2) is 54.4 Å². The summed E-state index contributed by atoms with van der Waals surface area (Å²) in [6.07, 6.45) is 4.48. The smallest absolute Gasteiger partial charge is 0.305 e. The molecule has 0 spiro atoms. The van der Waals surface area contributed by atoms with Gasteiger partial charge in [0.05, 0.1) is 30.4 Å². The van der Waals surface area contributed by atoms with Crippen LogP contribution in [0.3, 0.4) is 0 Å². The number of carbonyl (C=O) groups is 2. The van der Waals surface area contributed by atoms with Gasteiger partial charge in [-0.2, -0.15) is 0 Å². The van der Waals surface area contributed by atoms with Crippen LogP contribution in [0.1, 0.15) is 12.8 Å². The molecule has 1 aliphatic heterocycles. The number of amides is 1. The summed E-state index contributed by atoms with van der Waals surface area (Å²) in [6.45, 7) is 0.0147. The number of hydrogen-bond donors (Lipinski definition) is 1. The second kappa shape index (κ2) is 5.19. The van der Waals surface area contributed by atoms with Gasteiger partial charge >= 0.3 is 5.97 Å². The predicted molar refractivity (Wildman–Crippen MR) is 59.9 cm³/mol. The molecule has 1 unspecified atom stereocenters. The van der Waals surface area contributed by atoms with Gasteiger partial charge in [-0.3, -0.25) is 9.59 Å². The Bertz CT molecular complexity index is 462. The maximum atomic E-state index is 11.6. The van der Waals surface area contributed by atoms with Gasteiger partial charge in [0.25, 0.3) is 0 Å². The highest BCUT2D eigenvalue weighted by atomic mass is 32.2. The topological polar surface area (TPSA) is 91.8 Å². The van der Waals surface area contributed by atoms with E-state index in [1.165, 1.54) is 4.90 Å². The van der Waals surface area contributed by atoms with Crippen LogP contribution in [-0.2, 0) is 19.4 Å². The van der Waals surface area contributed by atoms with E-state index in [0.29, 0.717) is 0 Å². The number of sulfone groups is 1. The van der Waals surface area contributed by atoms with E-state index in [4.69, 9.17) is 11.5 Å². The molecule has 1 saturated heterocycles. The molecule has 1 heterocycles. The van der Waals surface area contributed by atoms with Crippen molar-refractivity contribution in [3.63, 3.8) is 0 Å². The monoisotopic (exact) mass is 259 g/mol. The highest BCUT2D eigenvalue weighted by molar-refractivity contribution is 7.91. The lowest BCUT2D eigenvalue weighted by Crippen LogP contribution is -2.51. The SMILES string of the molecule is C#CCC(=O)N1CCS(=O)(=O)CC1CC(=O)O. The molecule has 6 nitrogen and oxygen atoms in total. The molecule has 1 aliphatic rings. The van der Waals surface area contributed by atoms with E-state index in [-0.39, 0.29) is 30.9 Å². The number of aliphatic carboxylic acids is 1. The van der Waals surface area contributed by atoms with Crippen LogP contribution in [0.2, 0.25) is 0 Å². The van der Waals surface area contributed by atoms with E-state index in [9.17, 15) is 18.0 Å². The Morgan fingerprint density at radius 1 is 1.47 bits per heavy atom. The van der Waals surface area contributed by atoms with Crippen molar-refractivity contribution >= 4 is 21.7 Å². The molecule has 0 aromatic heterocycles. The highest BCUT2D eigenvalue weighted by Crippen LogP contribution is 2.16. The predicted octanol–water partition coefficient (Wildman–Crippen LogP) is -0.890. The Morgan fingerprint density at radius 3 is 2.65 bits per heavy atom. The van der Waals surface area contributed by atoms with Crippen LogP contribution < -0.4 is 0 Å². The summed E-state index contributed by atoms with van der Waals surface area (Å²) in [5, 5.41) is 8.69. The largest absolute Gasteiger partial charge is 0.481 e. The highest BCUT2D eigenvalue weighted by Gasteiger charge is 2.34. The van der Waals surface area contributed by atoms with Gasteiger partial charge in [0.2, 0.25) is 5.91 Å². The van der Waals surface area contributed by atoms with Gasteiger partial charge < -0.3 is 10.0 Å². The van der Waals surface area contributed by atoms with Crippen LogP contribution >= 0.6 is 0 Å². The Kier molecular flexibility index (Phi) is 4.12. The quantitative estimate of drug-likeness (QED) is 0.664. The molecule has 17 heavy (non-hydrogen) atoms. The van der Waals surface area contributed by atoms with E-state index in [1.807, 2.05) is 0 Å².